The van der Waals surface area contributed by atoms with E-state index in [1.54, 1.807) is 12.0 Å². The van der Waals surface area contributed by atoms with E-state index in [0.29, 0.717) is 16.6 Å². The van der Waals surface area contributed by atoms with E-state index in [4.69, 9.17) is 9.73 Å². The summed E-state index contributed by atoms with van der Waals surface area (Å²) in [6, 6.07) is 28.6. The predicted octanol–water partition coefficient (Wildman–Crippen LogP) is 7.39. The van der Waals surface area contributed by atoms with Crippen molar-refractivity contribution in [2.75, 3.05) is 13.7 Å². The molecule has 5 rings (SSSR count). The number of rotatable bonds is 6. The minimum absolute atomic E-state index is 0.0169. The molecule has 0 N–H and O–H groups in total. The normalized spacial score (nSPS) is 15.7. The molecule has 2 heterocycles. The SMILES string of the molecule is CCN1C(=O)/C(=C/c2cc(C)n(-c3ccc(-c4ccccc4)cc3)c2C)SC1=Nc1ccc(OC)cc1. The lowest BCUT2D eigenvalue weighted by Crippen LogP contribution is -2.28. The van der Waals surface area contributed by atoms with Gasteiger partial charge in [-0.05, 0) is 97.8 Å². The number of carbonyl (C=O) groups excluding carboxylic acids is 1. The first-order valence-electron chi connectivity index (χ1n) is 12.3. The van der Waals surface area contributed by atoms with Crippen LogP contribution in [0.2, 0.25) is 0 Å². The van der Waals surface area contributed by atoms with Crippen molar-refractivity contribution in [2.24, 2.45) is 4.99 Å². The van der Waals surface area contributed by atoms with Crippen LogP contribution in [0.15, 0.2) is 94.8 Å². The summed E-state index contributed by atoms with van der Waals surface area (Å²) in [5.74, 6) is 0.758. The van der Waals surface area contributed by atoms with Crippen LogP contribution in [-0.4, -0.2) is 34.2 Å². The fourth-order valence-electron chi connectivity index (χ4n) is 4.54. The van der Waals surface area contributed by atoms with Crippen LogP contribution >= 0.6 is 11.8 Å². The van der Waals surface area contributed by atoms with Gasteiger partial charge in [0.25, 0.3) is 5.91 Å². The molecular formula is C31H29N3O2S. The van der Waals surface area contributed by atoms with Gasteiger partial charge < -0.3 is 9.30 Å². The van der Waals surface area contributed by atoms with Crippen LogP contribution < -0.4 is 4.74 Å². The van der Waals surface area contributed by atoms with Crippen molar-refractivity contribution in [1.29, 1.82) is 0 Å². The summed E-state index contributed by atoms with van der Waals surface area (Å²) >= 11 is 1.42. The molecule has 0 aliphatic carbocycles. The third-order valence-electron chi connectivity index (χ3n) is 6.49. The maximum Gasteiger partial charge on any atom is 0.266 e. The van der Waals surface area contributed by atoms with E-state index in [9.17, 15) is 4.79 Å². The molecule has 0 saturated carbocycles. The molecule has 3 aromatic carbocycles. The lowest BCUT2D eigenvalue weighted by atomic mass is 10.1. The van der Waals surface area contributed by atoms with Gasteiger partial charge in [-0.2, -0.15) is 0 Å². The minimum Gasteiger partial charge on any atom is -0.497 e. The standard InChI is InChI=1S/C31H29N3O2S/c1-5-33-30(35)29(37-31(33)32-26-13-17-28(36-4)18-14-26)20-25-19-21(2)34(22(25)3)27-15-11-24(12-16-27)23-9-7-6-8-10-23/h6-20H,5H2,1-4H3/b29-20-,32-31?. The average Bonchev–Trinajstić information content (AvgIpc) is 3.38. The lowest BCUT2D eigenvalue weighted by molar-refractivity contribution is -0.122. The molecule has 0 radical (unpaired) electrons. The zero-order valence-corrected chi connectivity index (χ0v) is 22.3. The van der Waals surface area contributed by atoms with Crippen molar-refractivity contribution in [1.82, 2.24) is 9.47 Å². The number of amides is 1. The molecule has 1 aliphatic rings. The molecule has 6 heteroatoms. The Morgan fingerprint density at radius 1 is 0.919 bits per heavy atom. The largest absolute Gasteiger partial charge is 0.497 e. The van der Waals surface area contributed by atoms with Gasteiger partial charge in [-0.3, -0.25) is 9.69 Å². The second-order valence-electron chi connectivity index (χ2n) is 8.83. The Kier molecular flexibility index (Phi) is 7.01. The fraction of sp³-hybridized carbons (Fsp3) is 0.161. The Morgan fingerprint density at radius 2 is 1.59 bits per heavy atom. The molecule has 1 aromatic heterocycles. The summed E-state index contributed by atoms with van der Waals surface area (Å²) in [5, 5.41) is 0.689. The quantitative estimate of drug-likeness (QED) is 0.256. The minimum atomic E-state index is -0.0169. The predicted molar refractivity (Wildman–Crippen MR) is 154 cm³/mol. The summed E-state index contributed by atoms with van der Waals surface area (Å²) in [6.07, 6.45) is 1.99. The topological polar surface area (TPSA) is 46.8 Å². The first kappa shape index (κ1) is 24.7. The Bertz CT molecular complexity index is 1480. The van der Waals surface area contributed by atoms with Gasteiger partial charge in [0.15, 0.2) is 5.17 Å². The van der Waals surface area contributed by atoms with Crippen LogP contribution in [-0.2, 0) is 4.79 Å². The Balaban J connectivity index is 1.43. The van der Waals surface area contributed by atoms with Crippen LogP contribution in [0.1, 0.15) is 23.9 Å². The number of thioether (sulfide) groups is 1. The molecule has 0 spiro atoms. The number of benzene rings is 3. The van der Waals surface area contributed by atoms with Crippen LogP contribution in [0.3, 0.4) is 0 Å². The second kappa shape index (κ2) is 10.5. The molecular weight excluding hydrogens is 478 g/mol. The Hall–Kier alpha value is -4.03. The average molecular weight is 508 g/mol. The van der Waals surface area contributed by atoms with Crippen molar-refractivity contribution in [3.8, 4) is 22.6 Å². The molecule has 186 valence electrons. The zero-order valence-electron chi connectivity index (χ0n) is 21.4. The summed E-state index contributed by atoms with van der Waals surface area (Å²) in [7, 11) is 1.64. The van der Waals surface area contributed by atoms with E-state index in [-0.39, 0.29) is 5.91 Å². The van der Waals surface area contributed by atoms with E-state index in [0.717, 1.165) is 34.1 Å². The molecule has 37 heavy (non-hydrogen) atoms. The fourth-order valence-corrected chi connectivity index (χ4v) is 5.60. The summed E-state index contributed by atoms with van der Waals surface area (Å²) in [6.45, 7) is 6.72. The monoisotopic (exact) mass is 507 g/mol. The number of ether oxygens (including phenoxy) is 1. The molecule has 0 unspecified atom stereocenters. The molecule has 0 bridgehead atoms. The van der Waals surface area contributed by atoms with Crippen molar-refractivity contribution < 1.29 is 9.53 Å². The van der Waals surface area contributed by atoms with Gasteiger partial charge in [0.1, 0.15) is 5.75 Å². The molecule has 1 saturated heterocycles. The number of aromatic nitrogens is 1. The highest BCUT2D eigenvalue weighted by Gasteiger charge is 2.32. The Labute approximate surface area is 222 Å². The lowest BCUT2D eigenvalue weighted by Gasteiger charge is -2.12. The molecule has 5 nitrogen and oxygen atoms in total. The third kappa shape index (κ3) is 4.98. The Morgan fingerprint density at radius 3 is 2.24 bits per heavy atom. The van der Waals surface area contributed by atoms with Gasteiger partial charge in [0, 0.05) is 23.6 Å². The third-order valence-corrected chi connectivity index (χ3v) is 7.50. The molecule has 4 aromatic rings. The highest BCUT2D eigenvalue weighted by atomic mass is 32.2. The van der Waals surface area contributed by atoms with Crippen LogP contribution in [0.25, 0.3) is 22.9 Å². The van der Waals surface area contributed by atoms with Crippen molar-refractivity contribution >= 4 is 34.6 Å². The number of nitrogens with zero attached hydrogens (tertiary/aromatic N) is 3. The summed E-state index contributed by atoms with van der Waals surface area (Å²) in [5.41, 5.74) is 7.51. The number of hydrogen-bond acceptors (Lipinski definition) is 4. The number of hydrogen-bond donors (Lipinski definition) is 0. The highest BCUT2D eigenvalue weighted by Crippen LogP contribution is 2.35. The van der Waals surface area contributed by atoms with Crippen molar-refractivity contribution in [3.05, 3.63) is 107 Å². The number of methoxy groups -OCH3 is 1. The van der Waals surface area contributed by atoms with Gasteiger partial charge in [-0.15, -0.1) is 0 Å². The summed E-state index contributed by atoms with van der Waals surface area (Å²) < 4.78 is 7.46. The number of aliphatic imine (C=N–C) groups is 1. The maximum atomic E-state index is 13.2. The van der Waals surface area contributed by atoms with E-state index < -0.39 is 0 Å². The van der Waals surface area contributed by atoms with E-state index >= 15 is 0 Å². The smallest absolute Gasteiger partial charge is 0.266 e. The maximum absolute atomic E-state index is 13.2. The van der Waals surface area contributed by atoms with Crippen LogP contribution in [0, 0.1) is 13.8 Å². The number of amidine groups is 1. The molecule has 1 aliphatic heterocycles. The number of aryl methyl sites for hydroxylation is 1. The molecule has 1 amide bonds. The van der Waals surface area contributed by atoms with Crippen LogP contribution in [0.5, 0.6) is 5.75 Å². The number of likely N-dealkylation sites (N-methyl/N-ethyl adjacent to an activating group) is 1. The van der Waals surface area contributed by atoms with Gasteiger partial charge >= 0.3 is 0 Å². The highest BCUT2D eigenvalue weighted by molar-refractivity contribution is 8.18. The molecule has 0 atom stereocenters. The van der Waals surface area contributed by atoms with Crippen molar-refractivity contribution in [3.63, 3.8) is 0 Å². The van der Waals surface area contributed by atoms with E-state index in [1.165, 1.54) is 22.9 Å². The summed E-state index contributed by atoms with van der Waals surface area (Å²) in [4.78, 5) is 20.4. The first-order chi connectivity index (χ1) is 18.0. The van der Waals surface area contributed by atoms with Gasteiger partial charge in [0.2, 0.25) is 0 Å². The van der Waals surface area contributed by atoms with Gasteiger partial charge in [-0.25, -0.2) is 4.99 Å². The van der Waals surface area contributed by atoms with E-state index in [2.05, 4.69) is 73.0 Å². The van der Waals surface area contributed by atoms with Gasteiger partial charge in [0.05, 0.1) is 17.7 Å². The number of carbonyl (C=O) groups is 1. The first-order valence-corrected chi connectivity index (χ1v) is 13.1. The van der Waals surface area contributed by atoms with Crippen LogP contribution in [0.4, 0.5) is 5.69 Å². The zero-order chi connectivity index (χ0) is 25.9. The second-order valence-corrected chi connectivity index (χ2v) is 9.84. The van der Waals surface area contributed by atoms with Crippen molar-refractivity contribution in [2.45, 2.75) is 20.8 Å². The molecule has 1 fully saturated rings. The van der Waals surface area contributed by atoms with E-state index in [1.807, 2.05) is 43.3 Å². The van der Waals surface area contributed by atoms with Gasteiger partial charge in [-0.1, -0.05) is 42.5 Å².